The number of benzene rings is 2. The van der Waals surface area contributed by atoms with Crippen LogP contribution < -0.4 is 4.90 Å². The Hall–Kier alpha value is -2.62. The van der Waals surface area contributed by atoms with Gasteiger partial charge in [-0.25, -0.2) is 4.98 Å². The van der Waals surface area contributed by atoms with Crippen LogP contribution in [0.5, 0.6) is 0 Å². The average Bonchev–Trinajstić information content (AvgIpc) is 3.28. The van der Waals surface area contributed by atoms with Gasteiger partial charge in [0.1, 0.15) is 10.6 Å². The summed E-state index contributed by atoms with van der Waals surface area (Å²) in [5.74, 6) is 0. The Labute approximate surface area is 179 Å². The van der Waals surface area contributed by atoms with Crippen LogP contribution in [0, 0.1) is 0 Å². The van der Waals surface area contributed by atoms with Crippen molar-refractivity contribution in [1.29, 1.82) is 0 Å². The quantitative estimate of drug-likeness (QED) is 0.386. The maximum Gasteiger partial charge on any atom is 0.296 e. The van der Waals surface area contributed by atoms with Crippen LogP contribution in [0.15, 0.2) is 51.5 Å². The third-order valence-corrected chi connectivity index (χ3v) is 6.71. The summed E-state index contributed by atoms with van der Waals surface area (Å²) in [6.07, 6.45) is 5.73. The van der Waals surface area contributed by atoms with Crippen LogP contribution in [-0.2, 0) is 16.5 Å². The van der Waals surface area contributed by atoms with Gasteiger partial charge in [0.05, 0.1) is 10.2 Å². The van der Waals surface area contributed by atoms with Crippen LogP contribution in [0.4, 0.5) is 16.5 Å². The molecule has 1 aliphatic rings. The Balaban J connectivity index is 1.72. The molecule has 0 atom stereocenters. The van der Waals surface area contributed by atoms with Crippen LogP contribution in [-0.4, -0.2) is 31.0 Å². The van der Waals surface area contributed by atoms with Crippen LogP contribution >= 0.6 is 11.3 Å². The SMILES string of the molecule is C/C=C/c1ccc2nc(N=Nc3cc4c(cc3S(=O)(=O)O)N(CCC)CC4)sc2c1. The molecule has 0 spiro atoms. The molecule has 156 valence electrons. The predicted octanol–water partition coefficient (Wildman–Crippen LogP) is 5.76. The summed E-state index contributed by atoms with van der Waals surface area (Å²) >= 11 is 1.38. The molecule has 0 unspecified atom stereocenters. The van der Waals surface area contributed by atoms with E-state index >= 15 is 0 Å². The maximum absolute atomic E-state index is 12.0. The molecule has 0 aliphatic carbocycles. The van der Waals surface area contributed by atoms with E-state index in [1.807, 2.05) is 37.3 Å². The number of allylic oxidation sites excluding steroid dienone is 1. The first-order valence-electron chi connectivity index (χ1n) is 9.73. The minimum atomic E-state index is -4.44. The molecule has 4 rings (SSSR count). The molecule has 7 nitrogen and oxygen atoms in total. The number of azo groups is 1. The lowest BCUT2D eigenvalue weighted by atomic mass is 10.1. The third kappa shape index (κ3) is 4.14. The molecule has 0 saturated heterocycles. The van der Waals surface area contributed by atoms with Gasteiger partial charge in [0.25, 0.3) is 10.1 Å². The lowest BCUT2D eigenvalue weighted by molar-refractivity contribution is 0.483. The zero-order valence-corrected chi connectivity index (χ0v) is 18.4. The summed E-state index contributed by atoms with van der Waals surface area (Å²) in [5.41, 5.74) is 3.84. The fourth-order valence-corrected chi connectivity index (χ4v) is 5.08. The predicted molar refractivity (Wildman–Crippen MR) is 121 cm³/mol. The average molecular weight is 443 g/mol. The minimum Gasteiger partial charge on any atom is -0.371 e. The first-order valence-corrected chi connectivity index (χ1v) is 12.0. The molecular weight excluding hydrogens is 420 g/mol. The van der Waals surface area contributed by atoms with E-state index in [1.54, 1.807) is 6.07 Å². The van der Waals surface area contributed by atoms with E-state index < -0.39 is 10.1 Å². The molecule has 0 saturated carbocycles. The number of rotatable bonds is 6. The van der Waals surface area contributed by atoms with Crippen molar-refractivity contribution in [2.75, 3.05) is 18.0 Å². The van der Waals surface area contributed by atoms with Gasteiger partial charge in [0.2, 0.25) is 5.13 Å². The fourth-order valence-electron chi connectivity index (χ4n) is 3.62. The van der Waals surface area contributed by atoms with Crippen LogP contribution in [0.3, 0.4) is 0 Å². The van der Waals surface area contributed by atoms with Crippen LogP contribution in [0.25, 0.3) is 16.3 Å². The molecule has 3 aromatic rings. The van der Waals surface area contributed by atoms with Gasteiger partial charge >= 0.3 is 0 Å². The van der Waals surface area contributed by atoms with Crippen molar-refractivity contribution in [2.24, 2.45) is 10.2 Å². The molecule has 2 aromatic carbocycles. The second-order valence-corrected chi connectivity index (χ2v) is 9.48. The second kappa shape index (κ2) is 8.25. The lowest BCUT2D eigenvalue weighted by Gasteiger charge is -2.19. The molecule has 1 N–H and O–H groups in total. The van der Waals surface area contributed by atoms with Gasteiger partial charge in [0, 0.05) is 18.8 Å². The highest BCUT2D eigenvalue weighted by atomic mass is 32.2. The van der Waals surface area contributed by atoms with E-state index in [2.05, 4.69) is 27.0 Å². The molecule has 1 aromatic heterocycles. The zero-order valence-electron chi connectivity index (χ0n) is 16.7. The molecule has 0 amide bonds. The lowest BCUT2D eigenvalue weighted by Crippen LogP contribution is -2.21. The molecule has 0 radical (unpaired) electrons. The first kappa shape index (κ1) is 20.6. The largest absolute Gasteiger partial charge is 0.371 e. The Kier molecular flexibility index (Phi) is 5.68. The van der Waals surface area contributed by atoms with Crippen LogP contribution in [0.1, 0.15) is 31.4 Å². The van der Waals surface area contributed by atoms with Crippen molar-refractivity contribution >= 4 is 54.3 Å². The molecule has 0 fully saturated rings. The Bertz CT molecular complexity index is 1260. The van der Waals surface area contributed by atoms with E-state index in [9.17, 15) is 13.0 Å². The topological polar surface area (TPSA) is 95.2 Å². The van der Waals surface area contributed by atoms with E-state index in [0.29, 0.717) is 5.13 Å². The Morgan fingerprint density at radius 3 is 2.83 bits per heavy atom. The van der Waals surface area contributed by atoms with Gasteiger partial charge in [-0.15, -0.1) is 10.2 Å². The van der Waals surface area contributed by atoms with E-state index in [-0.39, 0.29) is 10.6 Å². The summed E-state index contributed by atoms with van der Waals surface area (Å²) in [5, 5.41) is 8.74. The van der Waals surface area contributed by atoms with Gasteiger partial charge in [-0.2, -0.15) is 8.42 Å². The maximum atomic E-state index is 12.0. The molecule has 30 heavy (non-hydrogen) atoms. The van der Waals surface area contributed by atoms with Crippen molar-refractivity contribution in [3.63, 3.8) is 0 Å². The number of aromatic nitrogens is 1. The van der Waals surface area contributed by atoms with Gasteiger partial charge in [-0.3, -0.25) is 4.55 Å². The number of nitrogens with zero attached hydrogens (tertiary/aromatic N) is 4. The smallest absolute Gasteiger partial charge is 0.296 e. The van der Waals surface area contributed by atoms with Gasteiger partial charge in [-0.1, -0.05) is 36.5 Å². The normalized spacial score (nSPS) is 14.4. The minimum absolute atomic E-state index is 0.128. The molecule has 9 heteroatoms. The second-order valence-electron chi connectivity index (χ2n) is 7.08. The van der Waals surface area contributed by atoms with Crippen molar-refractivity contribution in [2.45, 2.75) is 31.6 Å². The van der Waals surface area contributed by atoms with Crippen LogP contribution in [0.2, 0.25) is 0 Å². The van der Waals surface area contributed by atoms with Crippen molar-refractivity contribution in [1.82, 2.24) is 4.98 Å². The van der Waals surface area contributed by atoms with Gasteiger partial charge in [-0.05, 0) is 55.2 Å². The Morgan fingerprint density at radius 1 is 1.27 bits per heavy atom. The fraction of sp³-hybridized carbons (Fsp3) is 0.286. The Morgan fingerprint density at radius 2 is 2.10 bits per heavy atom. The molecule has 2 heterocycles. The summed E-state index contributed by atoms with van der Waals surface area (Å²) in [4.78, 5) is 6.34. The van der Waals surface area contributed by atoms with E-state index in [4.69, 9.17) is 0 Å². The number of thiazole rings is 1. The highest BCUT2D eigenvalue weighted by Gasteiger charge is 2.25. The zero-order chi connectivity index (χ0) is 21.3. The highest BCUT2D eigenvalue weighted by Crippen LogP contribution is 2.38. The van der Waals surface area contributed by atoms with Crippen molar-refractivity contribution < 1.29 is 13.0 Å². The molecule has 0 bridgehead atoms. The molecule has 1 aliphatic heterocycles. The number of anilines is 1. The number of hydrogen-bond donors (Lipinski definition) is 1. The number of fused-ring (bicyclic) bond motifs is 2. The van der Waals surface area contributed by atoms with E-state index in [1.165, 1.54) is 17.4 Å². The summed E-state index contributed by atoms with van der Waals surface area (Å²) in [6.45, 7) is 5.69. The summed E-state index contributed by atoms with van der Waals surface area (Å²) in [7, 11) is -4.44. The van der Waals surface area contributed by atoms with E-state index in [0.717, 1.165) is 53.0 Å². The first-order chi connectivity index (χ1) is 14.4. The third-order valence-electron chi connectivity index (χ3n) is 4.93. The monoisotopic (exact) mass is 442 g/mol. The van der Waals surface area contributed by atoms with Crippen molar-refractivity contribution in [3.8, 4) is 0 Å². The van der Waals surface area contributed by atoms with Crippen molar-refractivity contribution in [3.05, 3.63) is 47.5 Å². The van der Waals surface area contributed by atoms with Gasteiger partial charge in [0.15, 0.2) is 0 Å². The molecular formula is C21H22N4O3S2. The summed E-state index contributed by atoms with van der Waals surface area (Å²) in [6, 6.07) is 9.12. The highest BCUT2D eigenvalue weighted by molar-refractivity contribution is 7.86. The van der Waals surface area contributed by atoms with Gasteiger partial charge < -0.3 is 4.90 Å². The summed E-state index contributed by atoms with van der Waals surface area (Å²) < 4.78 is 34.7. The number of hydrogen-bond acceptors (Lipinski definition) is 7. The standard InChI is InChI=1S/C21H22N4O3S2/c1-3-5-14-6-7-16-19(11-14)29-21(22-16)24-23-17-12-15-8-10-25(9-4-2)18(15)13-20(17)30(26,27)28/h3,5-7,11-13H,4,8-10H2,1-2H3,(H,26,27,28)/b5-3+,24-23?.